The van der Waals surface area contributed by atoms with Crippen LogP contribution in [0.3, 0.4) is 0 Å². The lowest BCUT2D eigenvalue weighted by Gasteiger charge is -2.13. The topological polar surface area (TPSA) is 20.7 Å². The zero-order valence-corrected chi connectivity index (χ0v) is 12.0. The van der Waals surface area contributed by atoms with Crippen molar-refractivity contribution < 1.29 is 4.39 Å². The zero-order chi connectivity index (χ0) is 13.3. The number of imidazole rings is 1. The van der Waals surface area contributed by atoms with E-state index in [0.29, 0.717) is 10.7 Å². The second kappa shape index (κ2) is 5.41. The molecule has 0 amide bonds. The zero-order valence-electron chi connectivity index (χ0n) is 10.5. The maximum atomic E-state index is 13.5. The maximum Gasteiger partial charge on any atom is 0.178 e. The van der Waals surface area contributed by atoms with Gasteiger partial charge >= 0.3 is 0 Å². The van der Waals surface area contributed by atoms with Crippen LogP contribution in [-0.4, -0.2) is 9.55 Å². The minimum absolute atomic E-state index is 0.119. The molecule has 0 aliphatic rings. The summed E-state index contributed by atoms with van der Waals surface area (Å²) >= 11 is 11.1. The monoisotopic (exact) mass is 286 g/mol. The second-order valence-electron chi connectivity index (χ2n) is 4.51. The molecule has 0 atom stereocenters. The van der Waals surface area contributed by atoms with E-state index in [1.165, 1.54) is 6.07 Å². The van der Waals surface area contributed by atoms with Crippen LogP contribution in [0.15, 0.2) is 12.1 Å². The third-order valence-corrected chi connectivity index (χ3v) is 4.02. The summed E-state index contributed by atoms with van der Waals surface area (Å²) in [7, 11) is 0. The van der Waals surface area contributed by atoms with Gasteiger partial charge in [-0.25, -0.2) is 4.39 Å². The van der Waals surface area contributed by atoms with E-state index in [9.17, 15) is 4.39 Å². The fraction of sp³-hybridized carbons (Fsp3) is 0.462. The van der Waals surface area contributed by atoms with Crippen molar-refractivity contribution in [2.75, 3.05) is 0 Å². The summed E-state index contributed by atoms with van der Waals surface area (Å²) in [5.74, 6) is 0.144. The van der Waals surface area contributed by atoms with Gasteiger partial charge in [-0.15, -0.1) is 0 Å². The summed E-state index contributed by atoms with van der Waals surface area (Å²) < 4.78 is 16.1. The Kier molecular flexibility index (Phi) is 4.07. The normalized spacial score (nSPS) is 11.6. The molecule has 1 aromatic carbocycles. The number of halogens is 2. The van der Waals surface area contributed by atoms with Crippen molar-refractivity contribution in [2.24, 2.45) is 5.92 Å². The van der Waals surface area contributed by atoms with E-state index in [1.807, 2.05) is 4.57 Å². The standard InChI is InChI=1S/C13H16ClFN2S/c1-3-8(4-2)7-17-12-6-10(15)9(14)5-11(12)16-13(17)18/h5-6,8H,3-4,7H2,1-2H3,(H,16,18). The Labute approximate surface area is 116 Å². The van der Waals surface area contributed by atoms with Gasteiger partial charge in [0.15, 0.2) is 4.77 Å². The molecule has 2 rings (SSSR count). The Balaban J connectivity index is 2.53. The lowest BCUT2D eigenvalue weighted by atomic mass is 10.0. The van der Waals surface area contributed by atoms with Gasteiger partial charge in [0.1, 0.15) is 5.82 Å². The molecule has 0 spiro atoms. The molecule has 0 radical (unpaired) electrons. The number of H-pyrrole nitrogens is 1. The Morgan fingerprint density at radius 1 is 1.39 bits per heavy atom. The predicted molar refractivity (Wildman–Crippen MR) is 76.2 cm³/mol. The van der Waals surface area contributed by atoms with E-state index in [-0.39, 0.29) is 5.02 Å². The van der Waals surface area contributed by atoms with Gasteiger partial charge in [-0.3, -0.25) is 0 Å². The van der Waals surface area contributed by atoms with Crippen LogP contribution in [0.1, 0.15) is 26.7 Å². The average Bonchev–Trinajstić information content (AvgIpc) is 2.63. The molecule has 1 N–H and O–H groups in total. The molecule has 0 saturated carbocycles. The van der Waals surface area contributed by atoms with Gasteiger partial charge in [0, 0.05) is 12.6 Å². The maximum absolute atomic E-state index is 13.5. The molecule has 0 bridgehead atoms. The number of hydrogen-bond acceptors (Lipinski definition) is 1. The van der Waals surface area contributed by atoms with Gasteiger partial charge in [0.05, 0.1) is 16.1 Å². The highest BCUT2D eigenvalue weighted by atomic mass is 35.5. The van der Waals surface area contributed by atoms with Gasteiger partial charge in [0.25, 0.3) is 0 Å². The molecular weight excluding hydrogens is 271 g/mol. The molecule has 1 heterocycles. The van der Waals surface area contributed by atoms with E-state index in [0.717, 1.165) is 30.4 Å². The minimum Gasteiger partial charge on any atom is -0.331 e. The first-order valence-electron chi connectivity index (χ1n) is 6.14. The molecule has 2 nitrogen and oxygen atoms in total. The second-order valence-corrected chi connectivity index (χ2v) is 5.30. The molecule has 98 valence electrons. The van der Waals surface area contributed by atoms with Crippen molar-refractivity contribution in [3.8, 4) is 0 Å². The Morgan fingerprint density at radius 2 is 2.06 bits per heavy atom. The molecule has 5 heteroatoms. The van der Waals surface area contributed by atoms with Crippen molar-refractivity contribution in [1.82, 2.24) is 9.55 Å². The lowest BCUT2D eigenvalue weighted by molar-refractivity contribution is 0.422. The van der Waals surface area contributed by atoms with Crippen molar-refractivity contribution >= 4 is 34.9 Å². The number of nitrogens with one attached hydrogen (secondary N) is 1. The quantitative estimate of drug-likeness (QED) is 0.791. The summed E-state index contributed by atoms with van der Waals surface area (Å²) in [6, 6.07) is 3.04. The van der Waals surface area contributed by atoms with Crippen molar-refractivity contribution in [3.05, 3.63) is 27.7 Å². The average molecular weight is 287 g/mol. The van der Waals surface area contributed by atoms with Gasteiger partial charge in [0.2, 0.25) is 0 Å². The summed E-state index contributed by atoms with van der Waals surface area (Å²) in [5, 5.41) is 0.119. The highest BCUT2D eigenvalue weighted by molar-refractivity contribution is 7.71. The number of fused-ring (bicyclic) bond motifs is 1. The van der Waals surface area contributed by atoms with Gasteiger partial charge in [-0.2, -0.15) is 0 Å². The first kappa shape index (κ1) is 13.6. The summed E-state index contributed by atoms with van der Waals surface area (Å²) in [6.45, 7) is 5.13. The Morgan fingerprint density at radius 3 is 2.67 bits per heavy atom. The fourth-order valence-corrected chi connectivity index (χ4v) is 2.58. The molecule has 2 aromatic rings. The van der Waals surface area contributed by atoms with Crippen LogP contribution in [0, 0.1) is 16.5 Å². The third kappa shape index (κ3) is 2.45. The number of hydrogen-bond donors (Lipinski definition) is 1. The highest BCUT2D eigenvalue weighted by Crippen LogP contribution is 2.24. The highest BCUT2D eigenvalue weighted by Gasteiger charge is 2.12. The van der Waals surface area contributed by atoms with Gasteiger partial charge in [-0.05, 0) is 24.2 Å². The fourth-order valence-electron chi connectivity index (χ4n) is 2.14. The van der Waals surface area contributed by atoms with Crippen molar-refractivity contribution in [3.63, 3.8) is 0 Å². The van der Waals surface area contributed by atoms with E-state index < -0.39 is 5.82 Å². The van der Waals surface area contributed by atoms with Crippen LogP contribution in [0.2, 0.25) is 5.02 Å². The third-order valence-electron chi connectivity index (χ3n) is 3.41. The van der Waals surface area contributed by atoms with E-state index >= 15 is 0 Å². The van der Waals surface area contributed by atoms with Crippen molar-refractivity contribution in [2.45, 2.75) is 33.2 Å². The molecular formula is C13H16ClFN2S. The SMILES string of the molecule is CCC(CC)Cn1c(=S)[nH]c2cc(Cl)c(F)cc21. The van der Waals surface area contributed by atoms with Crippen LogP contribution >= 0.6 is 23.8 Å². The Bertz CT molecular complexity index is 613. The molecule has 0 aliphatic heterocycles. The van der Waals surface area contributed by atoms with Crippen molar-refractivity contribution in [1.29, 1.82) is 0 Å². The van der Waals surface area contributed by atoms with Gasteiger partial charge < -0.3 is 9.55 Å². The molecule has 0 saturated heterocycles. The number of rotatable bonds is 4. The molecule has 0 unspecified atom stereocenters. The van der Waals surface area contributed by atoms with E-state index in [1.54, 1.807) is 6.07 Å². The molecule has 0 fully saturated rings. The number of aromatic nitrogens is 2. The lowest BCUT2D eigenvalue weighted by Crippen LogP contribution is -2.09. The van der Waals surface area contributed by atoms with E-state index in [4.69, 9.17) is 23.8 Å². The number of aromatic amines is 1. The number of nitrogens with zero attached hydrogens (tertiary/aromatic N) is 1. The van der Waals surface area contributed by atoms with Crippen LogP contribution in [0.25, 0.3) is 11.0 Å². The smallest absolute Gasteiger partial charge is 0.178 e. The summed E-state index contributed by atoms with van der Waals surface area (Å²) in [4.78, 5) is 3.08. The van der Waals surface area contributed by atoms with E-state index in [2.05, 4.69) is 18.8 Å². The van der Waals surface area contributed by atoms with Gasteiger partial charge in [-0.1, -0.05) is 38.3 Å². The molecule has 0 aliphatic carbocycles. The molecule has 1 aromatic heterocycles. The largest absolute Gasteiger partial charge is 0.331 e. The van der Waals surface area contributed by atoms with Crippen LogP contribution in [0.4, 0.5) is 4.39 Å². The predicted octanol–water partition coefficient (Wildman–Crippen LogP) is 4.93. The first-order chi connectivity index (χ1) is 8.56. The molecule has 18 heavy (non-hydrogen) atoms. The van der Waals surface area contributed by atoms with Crippen LogP contribution in [-0.2, 0) is 6.54 Å². The Hall–Kier alpha value is -0.870. The summed E-state index contributed by atoms with van der Waals surface area (Å²) in [6.07, 6.45) is 2.17. The minimum atomic E-state index is -0.406. The summed E-state index contributed by atoms with van der Waals surface area (Å²) in [5.41, 5.74) is 1.58. The van der Waals surface area contributed by atoms with Crippen LogP contribution in [0.5, 0.6) is 0 Å². The van der Waals surface area contributed by atoms with Crippen LogP contribution < -0.4 is 0 Å². The number of benzene rings is 1. The first-order valence-corrected chi connectivity index (χ1v) is 6.93.